The van der Waals surface area contributed by atoms with Gasteiger partial charge in [0.1, 0.15) is 19.3 Å². The number of rotatable bonds is 66. The third-order valence-corrected chi connectivity index (χ3v) is 17.0. The number of carbonyl (C=O) groups is 4. The molecule has 0 aromatic heterocycles. The number of hydrogen-bond donors (Lipinski definition) is 3. The Morgan fingerprint density at radius 2 is 0.476 bits per heavy atom. The van der Waals surface area contributed by atoms with Gasteiger partial charge in [0.15, 0.2) is 12.2 Å². The number of aliphatic hydroxyl groups excluding tert-OH is 1. The summed E-state index contributed by atoms with van der Waals surface area (Å²) in [7, 11) is -9.88. The predicted octanol–water partition coefficient (Wildman–Crippen LogP) is 18.3. The molecule has 0 aliphatic carbocycles. The molecular formula is C65H126O17P2. The van der Waals surface area contributed by atoms with Crippen molar-refractivity contribution in [2.45, 2.75) is 354 Å². The van der Waals surface area contributed by atoms with Crippen LogP contribution in [-0.4, -0.2) is 96.7 Å². The van der Waals surface area contributed by atoms with Crippen LogP contribution < -0.4 is 0 Å². The first-order valence-electron chi connectivity index (χ1n) is 34.3. The van der Waals surface area contributed by atoms with E-state index < -0.39 is 97.5 Å². The van der Waals surface area contributed by atoms with Crippen LogP contribution in [0.25, 0.3) is 0 Å². The smallest absolute Gasteiger partial charge is 0.462 e. The molecule has 0 saturated carbocycles. The monoisotopic (exact) mass is 1240 g/mol. The minimum absolute atomic E-state index is 0.107. The van der Waals surface area contributed by atoms with Crippen LogP contribution in [0, 0.1) is 0 Å². The Morgan fingerprint density at radius 3 is 0.702 bits per heavy atom. The number of phosphoric acid groups is 2. The summed E-state index contributed by atoms with van der Waals surface area (Å²) in [6.45, 7) is 4.87. The summed E-state index contributed by atoms with van der Waals surface area (Å²) in [4.78, 5) is 72.2. The van der Waals surface area contributed by atoms with Crippen molar-refractivity contribution in [3.63, 3.8) is 0 Å². The van der Waals surface area contributed by atoms with Gasteiger partial charge in [0.25, 0.3) is 0 Å². The van der Waals surface area contributed by atoms with Crippen LogP contribution in [0.3, 0.4) is 0 Å². The molecule has 3 N–H and O–H groups in total. The molecule has 0 amide bonds. The fraction of sp³-hybridized carbons (Fsp3) is 0.938. The molecule has 0 spiro atoms. The molecule has 0 aliphatic heterocycles. The van der Waals surface area contributed by atoms with Crippen molar-refractivity contribution in [3.8, 4) is 0 Å². The topological polar surface area (TPSA) is 237 Å². The number of aliphatic hydroxyl groups is 1. The van der Waals surface area contributed by atoms with Gasteiger partial charge in [0, 0.05) is 25.7 Å². The highest BCUT2D eigenvalue weighted by atomic mass is 31.2. The summed E-state index contributed by atoms with van der Waals surface area (Å²) >= 11 is 0. The molecule has 0 saturated heterocycles. The molecular weight excluding hydrogens is 1110 g/mol. The third kappa shape index (κ3) is 59.0. The number of hydrogen-bond acceptors (Lipinski definition) is 15. The first-order chi connectivity index (χ1) is 40.7. The van der Waals surface area contributed by atoms with Crippen LogP contribution >= 0.6 is 15.6 Å². The van der Waals surface area contributed by atoms with Gasteiger partial charge in [-0.15, -0.1) is 0 Å². The summed E-state index contributed by atoms with van der Waals surface area (Å²) in [5.41, 5.74) is 0. The summed E-state index contributed by atoms with van der Waals surface area (Å²) < 4.78 is 68.0. The average Bonchev–Trinajstić information content (AvgIpc) is 3.66. The van der Waals surface area contributed by atoms with Crippen LogP contribution in [0.1, 0.15) is 336 Å². The number of ether oxygens (including phenoxy) is 4. The van der Waals surface area contributed by atoms with Crippen molar-refractivity contribution in [2.75, 3.05) is 39.6 Å². The molecule has 498 valence electrons. The standard InChI is InChI=1S/C65H126O17P2/c1-5-9-13-17-21-24-27-28-29-30-33-36-40-44-48-52-65(70)82-61(56-76-63(68)50-46-42-38-34-31-25-22-18-14-10-6-2)58-80-84(73,74)78-54-59(66)53-77-83(71,72)79-57-60(55-75-62(67)49-45-41-37-20-16-12-8-4)81-64(69)51-47-43-39-35-32-26-23-19-15-11-7-3/h59-61,66H,5-58H2,1-4H3,(H,71,72)(H,73,74)/t59-,60+,61+/m0/s1. The third-order valence-electron chi connectivity index (χ3n) is 15.1. The van der Waals surface area contributed by atoms with E-state index in [0.717, 1.165) is 103 Å². The van der Waals surface area contributed by atoms with Gasteiger partial charge in [-0.3, -0.25) is 37.3 Å². The van der Waals surface area contributed by atoms with Gasteiger partial charge in [-0.2, -0.15) is 0 Å². The maximum Gasteiger partial charge on any atom is 0.472 e. The van der Waals surface area contributed by atoms with Crippen molar-refractivity contribution >= 4 is 39.5 Å². The second-order valence-electron chi connectivity index (χ2n) is 23.5. The Balaban J connectivity index is 5.20. The molecule has 0 radical (unpaired) electrons. The van der Waals surface area contributed by atoms with Crippen molar-refractivity contribution < 1.29 is 80.2 Å². The lowest BCUT2D eigenvalue weighted by Gasteiger charge is -2.21. The number of phosphoric ester groups is 2. The molecule has 0 heterocycles. The molecule has 5 atom stereocenters. The molecule has 0 aromatic carbocycles. The Morgan fingerprint density at radius 1 is 0.286 bits per heavy atom. The first kappa shape index (κ1) is 82.1. The summed E-state index contributed by atoms with van der Waals surface area (Å²) in [6.07, 6.45) is 45.8. The lowest BCUT2D eigenvalue weighted by Crippen LogP contribution is -2.30. The van der Waals surface area contributed by atoms with E-state index in [2.05, 4.69) is 27.7 Å². The minimum Gasteiger partial charge on any atom is -0.462 e. The van der Waals surface area contributed by atoms with Crippen LogP contribution in [-0.2, 0) is 65.4 Å². The minimum atomic E-state index is -4.94. The highest BCUT2D eigenvalue weighted by molar-refractivity contribution is 7.47. The highest BCUT2D eigenvalue weighted by Gasteiger charge is 2.30. The number of unbranched alkanes of at least 4 members (excludes halogenated alkanes) is 40. The van der Waals surface area contributed by atoms with Crippen molar-refractivity contribution in [1.82, 2.24) is 0 Å². The maximum absolute atomic E-state index is 13.0. The maximum atomic E-state index is 13.0. The first-order valence-corrected chi connectivity index (χ1v) is 37.3. The van der Waals surface area contributed by atoms with Gasteiger partial charge in [0.05, 0.1) is 26.4 Å². The molecule has 19 heteroatoms. The van der Waals surface area contributed by atoms with Gasteiger partial charge in [-0.05, 0) is 25.7 Å². The van der Waals surface area contributed by atoms with Gasteiger partial charge < -0.3 is 33.8 Å². The van der Waals surface area contributed by atoms with E-state index in [4.69, 9.17) is 37.0 Å². The Hall–Kier alpha value is -1.94. The van der Waals surface area contributed by atoms with E-state index >= 15 is 0 Å². The van der Waals surface area contributed by atoms with Gasteiger partial charge >= 0.3 is 39.5 Å². The van der Waals surface area contributed by atoms with Crippen LogP contribution in [0.15, 0.2) is 0 Å². The predicted molar refractivity (Wildman–Crippen MR) is 335 cm³/mol. The zero-order valence-corrected chi connectivity index (χ0v) is 55.7. The van der Waals surface area contributed by atoms with Gasteiger partial charge in [-0.1, -0.05) is 285 Å². The summed E-state index contributed by atoms with van der Waals surface area (Å²) in [5, 5.41) is 10.5. The number of esters is 4. The SMILES string of the molecule is CCCCCCCCCCCCCCCCCC(=O)O[C@H](COC(=O)CCCCCCCCCCCCC)COP(=O)(O)OC[C@@H](O)COP(=O)(O)OC[C@@H](COC(=O)CCCCCCCCC)OC(=O)CCCCCCCCCCCCC. The van der Waals surface area contributed by atoms with E-state index in [0.29, 0.717) is 25.7 Å². The summed E-state index contributed by atoms with van der Waals surface area (Å²) in [5.74, 6) is -2.13. The fourth-order valence-electron chi connectivity index (χ4n) is 9.81. The zero-order valence-electron chi connectivity index (χ0n) is 53.9. The van der Waals surface area contributed by atoms with Gasteiger partial charge in [-0.25, -0.2) is 9.13 Å². The van der Waals surface area contributed by atoms with E-state index in [1.54, 1.807) is 0 Å². The fourth-order valence-corrected chi connectivity index (χ4v) is 11.4. The molecule has 17 nitrogen and oxygen atoms in total. The zero-order chi connectivity index (χ0) is 61.9. The van der Waals surface area contributed by atoms with E-state index in [9.17, 15) is 43.2 Å². The van der Waals surface area contributed by atoms with Crippen LogP contribution in [0.2, 0.25) is 0 Å². The second-order valence-corrected chi connectivity index (χ2v) is 26.4. The Labute approximate surface area is 511 Å². The number of carbonyl (C=O) groups excluding carboxylic acids is 4. The summed E-state index contributed by atoms with van der Waals surface area (Å²) in [6, 6.07) is 0. The van der Waals surface area contributed by atoms with Crippen molar-refractivity contribution in [2.24, 2.45) is 0 Å². The molecule has 0 bridgehead atoms. The highest BCUT2D eigenvalue weighted by Crippen LogP contribution is 2.45. The van der Waals surface area contributed by atoms with Gasteiger partial charge in [0.2, 0.25) is 0 Å². The van der Waals surface area contributed by atoms with E-state index in [1.165, 1.54) is 154 Å². The average molecular weight is 1240 g/mol. The second kappa shape index (κ2) is 60.0. The van der Waals surface area contributed by atoms with Crippen molar-refractivity contribution in [3.05, 3.63) is 0 Å². The van der Waals surface area contributed by atoms with E-state index in [1.807, 2.05) is 0 Å². The van der Waals surface area contributed by atoms with Crippen LogP contribution in [0.4, 0.5) is 0 Å². The molecule has 0 rings (SSSR count). The quantitative estimate of drug-likeness (QED) is 0.0222. The van der Waals surface area contributed by atoms with Crippen LogP contribution in [0.5, 0.6) is 0 Å². The normalized spacial score (nSPS) is 14.1. The molecule has 2 unspecified atom stereocenters. The largest absolute Gasteiger partial charge is 0.472 e. The molecule has 0 aromatic rings. The molecule has 0 aliphatic rings. The lowest BCUT2D eigenvalue weighted by molar-refractivity contribution is -0.161. The molecule has 0 fully saturated rings. The molecule has 84 heavy (non-hydrogen) atoms. The van der Waals surface area contributed by atoms with Crippen molar-refractivity contribution in [1.29, 1.82) is 0 Å². The van der Waals surface area contributed by atoms with E-state index in [-0.39, 0.29) is 25.7 Å². The Kier molecular flexibility index (Phi) is 58.6. The lowest BCUT2D eigenvalue weighted by atomic mass is 10.0. The Bertz CT molecular complexity index is 1620.